The summed E-state index contributed by atoms with van der Waals surface area (Å²) in [5, 5.41) is 18.3. The topological polar surface area (TPSA) is 74.6 Å². The van der Waals surface area contributed by atoms with Gasteiger partial charge in [0.1, 0.15) is 5.41 Å². The van der Waals surface area contributed by atoms with Crippen LogP contribution in [0.4, 0.5) is 0 Å². The molecule has 0 amide bonds. The Kier molecular flexibility index (Phi) is 3.48. The van der Waals surface area contributed by atoms with E-state index in [0.29, 0.717) is 0 Å². The number of carboxylic acid groups (broad SMARTS) is 2. The van der Waals surface area contributed by atoms with E-state index in [-0.39, 0.29) is 11.1 Å². The molecule has 17 heavy (non-hydrogen) atoms. The van der Waals surface area contributed by atoms with Crippen molar-refractivity contribution < 1.29 is 19.8 Å². The predicted octanol–water partition coefficient (Wildman–Crippen LogP) is 2.08. The summed E-state index contributed by atoms with van der Waals surface area (Å²) in [6.07, 6.45) is 2.34. The Balaban J connectivity index is 3.59. The Morgan fingerprint density at radius 3 is 2.06 bits per heavy atom. The van der Waals surface area contributed by atoms with Crippen molar-refractivity contribution in [3.05, 3.63) is 60.7 Å². The quantitative estimate of drug-likeness (QED) is 0.762. The van der Waals surface area contributed by atoms with Crippen LogP contribution in [0.25, 0.3) is 0 Å². The summed E-state index contributed by atoms with van der Waals surface area (Å²) < 4.78 is 0. The first kappa shape index (κ1) is 12.7. The number of rotatable bonds is 5. The molecule has 0 saturated carbocycles. The van der Waals surface area contributed by atoms with Gasteiger partial charge >= 0.3 is 11.9 Å². The largest absolute Gasteiger partial charge is 0.480 e. The lowest BCUT2D eigenvalue weighted by molar-refractivity contribution is -0.140. The molecule has 0 radical (unpaired) electrons. The molecule has 0 spiro atoms. The number of hydrogen-bond acceptors (Lipinski definition) is 2. The van der Waals surface area contributed by atoms with Gasteiger partial charge < -0.3 is 10.2 Å². The zero-order chi connectivity index (χ0) is 13.1. The van der Waals surface area contributed by atoms with Crippen molar-refractivity contribution in [1.29, 1.82) is 0 Å². The molecule has 1 rings (SSSR count). The fourth-order valence-electron chi connectivity index (χ4n) is 1.62. The van der Waals surface area contributed by atoms with Crippen molar-refractivity contribution in [2.45, 2.75) is 5.41 Å². The van der Waals surface area contributed by atoms with Crippen LogP contribution in [0.1, 0.15) is 15.9 Å². The van der Waals surface area contributed by atoms with Gasteiger partial charge in [-0.05, 0) is 11.6 Å². The summed E-state index contributed by atoms with van der Waals surface area (Å²) in [4.78, 5) is 22.4. The molecule has 2 N–H and O–H groups in total. The zero-order valence-electron chi connectivity index (χ0n) is 9.09. The van der Waals surface area contributed by atoms with Crippen LogP contribution in [-0.4, -0.2) is 22.2 Å². The molecule has 4 heteroatoms. The van der Waals surface area contributed by atoms with Crippen LogP contribution in [0.15, 0.2) is 49.6 Å². The first-order valence-corrected chi connectivity index (χ1v) is 4.83. The molecule has 0 aliphatic heterocycles. The molecule has 4 nitrogen and oxygen atoms in total. The predicted molar refractivity (Wildman–Crippen MR) is 63.1 cm³/mol. The van der Waals surface area contributed by atoms with Crippen molar-refractivity contribution in [3.63, 3.8) is 0 Å². The number of aliphatic carboxylic acids is 1. The van der Waals surface area contributed by atoms with Crippen LogP contribution in [0.2, 0.25) is 0 Å². The molecule has 0 saturated heterocycles. The first-order valence-electron chi connectivity index (χ1n) is 4.83. The second-order valence-corrected chi connectivity index (χ2v) is 3.43. The van der Waals surface area contributed by atoms with Gasteiger partial charge in [-0.25, -0.2) is 4.79 Å². The molecule has 1 aromatic carbocycles. The lowest BCUT2D eigenvalue weighted by Gasteiger charge is -2.23. The number of carboxylic acids is 2. The highest BCUT2D eigenvalue weighted by Gasteiger charge is 2.37. The molecule has 0 aliphatic carbocycles. The van der Waals surface area contributed by atoms with Crippen LogP contribution in [0.5, 0.6) is 0 Å². The third-order valence-electron chi connectivity index (χ3n) is 2.60. The summed E-state index contributed by atoms with van der Waals surface area (Å²) in [7, 11) is 0. The second kappa shape index (κ2) is 4.65. The molecule has 0 fully saturated rings. The third kappa shape index (κ3) is 1.97. The Morgan fingerprint density at radius 2 is 1.65 bits per heavy atom. The molecule has 88 valence electrons. The minimum absolute atomic E-state index is 0.0744. The summed E-state index contributed by atoms with van der Waals surface area (Å²) >= 11 is 0. The highest BCUT2D eigenvalue weighted by atomic mass is 16.4. The van der Waals surface area contributed by atoms with Crippen molar-refractivity contribution in [1.82, 2.24) is 0 Å². The van der Waals surface area contributed by atoms with Crippen molar-refractivity contribution in [3.8, 4) is 0 Å². The number of benzene rings is 1. The third-order valence-corrected chi connectivity index (χ3v) is 2.60. The summed E-state index contributed by atoms with van der Waals surface area (Å²) in [6.45, 7) is 6.91. The van der Waals surface area contributed by atoms with Crippen molar-refractivity contribution >= 4 is 11.9 Å². The van der Waals surface area contributed by atoms with Gasteiger partial charge in [-0.3, -0.25) is 4.79 Å². The monoisotopic (exact) mass is 232 g/mol. The van der Waals surface area contributed by atoms with E-state index in [1.165, 1.54) is 30.4 Å². The smallest absolute Gasteiger partial charge is 0.336 e. The molecule has 0 aliphatic rings. The maximum absolute atomic E-state index is 11.3. The Labute approximate surface area is 98.5 Å². The zero-order valence-corrected chi connectivity index (χ0v) is 9.09. The Morgan fingerprint density at radius 1 is 1.12 bits per heavy atom. The minimum atomic E-state index is -1.59. The average molecular weight is 232 g/mol. The second-order valence-electron chi connectivity index (χ2n) is 3.43. The Hall–Kier alpha value is -2.36. The van der Waals surface area contributed by atoms with Crippen molar-refractivity contribution in [2.24, 2.45) is 0 Å². The van der Waals surface area contributed by atoms with E-state index in [1.807, 2.05) is 0 Å². The van der Waals surface area contributed by atoms with E-state index in [4.69, 9.17) is 5.11 Å². The maximum atomic E-state index is 11.3. The minimum Gasteiger partial charge on any atom is -0.480 e. The molecule has 1 aromatic rings. The lowest BCUT2D eigenvalue weighted by Crippen LogP contribution is -2.32. The molecule has 0 aromatic heterocycles. The fraction of sp³-hybridized carbons (Fsp3) is 0.0769. The van der Waals surface area contributed by atoms with E-state index < -0.39 is 17.4 Å². The maximum Gasteiger partial charge on any atom is 0.336 e. The standard InChI is InChI=1S/C13H12O4/c1-3-13(4-2,12(16)17)10-8-6-5-7-9(10)11(14)15/h3-8H,1-2H2,(H,14,15)(H,16,17). The molecule has 0 atom stereocenters. The van der Waals surface area contributed by atoms with Gasteiger partial charge in [0.15, 0.2) is 0 Å². The molecule has 0 heterocycles. The first-order chi connectivity index (χ1) is 7.99. The van der Waals surface area contributed by atoms with Crippen LogP contribution in [0.3, 0.4) is 0 Å². The van der Waals surface area contributed by atoms with Crippen LogP contribution >= 0.6 is 0 Å². The SMILES string of the molecule is C=CC(C=C)(C(=O)O)c1ccccc1C(=O)O. The lowest BCUT2D eigenvalue weighted by atomic mass is 9.78. The highest BCUT2D eigenvalue weighted by molar-refractivity contribution is 5.95. The van der Waals surface area contributed by atoms with Gasteiger partial charge in [-0.15, -0.1) is 13.2 Å². The van der Waals surface area contributed by atoms with Crippen LogP contribution < -0.4 is 0 Å². The van der Waals surface area contributed by atoms with E-state index >= 15 is 0 Å². The molecule has 0 unspecified atom stereocenters. The summed E-state index contributed by atoms with van der Waals surface area (Å²) in [5.41, 5.74) is -1.52. The van der Waals surface area contributed by atoms with Gasteiger partial charge in [0, 0.05) is 0 Å². The molecular formula is C13H12O4. The van der Waals surface area contributed by atoms with Gasteiger partial charge in [0.25, 0.3) is 0 Å². The van der Waals surface area contributed by atoms with Gasteiger partial charge in [-0.2, -0.15) is 0 Å². The van der Waals surface area contributed by atoms with E-state index in [9.17, 15) is 14.7 Å². The number of hydrogen-bond donors (Lipinski definition) is 2. The van der Waals surface area contributed by atoms with E-state index in [2.05, 4.69) is 13.2 Å². The van der Waals surface area contributed by atoms with Gasteiger partial charge in [-0.1, -0.05) is 30.4 Å². The van der Waals surface area contributed by atoms with Crippen molar-refractivity contribution in [2.75, 3.05) is 0 Å². The highest BCUT2D eigenvalue weighted by Crippen LogP contribution is 2.30. The number of carbonyl (C=O) groups is 2. The van der Waals surface area contributed by atoms with Crippen LogP contribution in [-0.2, 0) is 10.2 Å². The molecule has 0 bridgehead atoms. The van der Waals surface area contributed by atoms with Crippen LogP contribution in [0, 0.1) is 0 Å². The van der Waals surface area contributed by atoms with Gasteiger partial charge in [0.2, 0.25) is 0 Å². The summed E-state index contributed by atoms with van der Waals surface area (Å²) in [6, 6.07) is 5.90. The van der Waals surface area contributed by atoms with E-state index in [0.717, 1.165) is 0 Å². The fourth-order valence-corrected chi connectivity index (χ4v) is 1.62. The summed E-state index contributed by atoms with van der Waals surface area (Å²) in [5.74, 6) is -2.40. The van der Waals surface area contributed by atoms with Gasteiger partial charge in [0.05, 0.1) is 5.56 Å². The Bertz CT molecular complexity index is 480. The number of aromatic carboxylic acids is 1. The van der Waals surface area contributed by atoms with E-state index in [1.54, 1.807) is 6.07 Å². The average Bonchev–Trinajstić information content (AvgIpc) is 2.31. The normalized spacial score (nSPS) is 10.6. The molecular weight excluding hydrogens is 220 g/mol.